The second-order valence-corrected chi connectivity index (χ2v) is 5.73. The molecule has 4 nitrogen and oxygen atoms in total. The van der Waals surface area contributed by atoms with Gasteiger partial charge in [0.05, 0.1) is 17.1 Å². The second-order valence-electron chi connectivity index (χ2n) is 5.33. The maximum Gasteiger partial charge on any atom is 0.422 e. The van der Waals surface area contributed by atoms with Crippen LogP contribution < -0.4 is 9.64 Å². The van der Waals surface area contributed by atoms with Crippen LogP contribution in [-0.4, -0.2) is 24.6 Å². The van der Waals surface area contributed by atoms with E-state index < -0.39 is 46.9 Å². The van der Waals surface area contributed by atoms with Crippen molar-refractivity contribution in [2.45, 2.75) is 26.4 Å². The fourth-order valence-corrected chi connectivity index (χ4v) is 2.35. The Kier molecular flexibility index (Phi) is 4.89. The molecule has 1 aromatic rings. The number of anilines is 1. The number of carbonyl (C=O) groups excluding carboxylic acids is 2. The molecule has 9 heteroatoms. The van der Waals surface area contributed by atoms with Crippen LogP contribution in [0, 0.1) is 5.82 Å². The lowest BCUT2D eigenvalue weighted by Gasteiger charge is -2.17. The third kappa shape index (κ3) is 3.69. The molecule has 0 saturated carbocycles. The summed E-state index contributed by atoms with van der Waals surface area (Å²) in [6, 6.07) is 1.51. The minimum absolute atomic E-state index is 0.206. The maximum atomic E-state index is 14.1. The zero-order chi connectivity index (χ0) is 18.2. The first-order chi connectivity index (χ1) is 11.0. The molecule has 24 heavy (non-hydrogen) atoms. The van der Waals surface area contributed by atoms with E-state index >= 15 is 0 Å². The monoisotopic (exact) mass is 365 g/mol. The lowest BCUT2D eigenvalue weighted by molar-refractivity contribution is -0.153. The van der Waals surface area contributed by atoms with Gasteiger partial charge in [-0.3, -0.25) is 9.59 Å². The van der Waals surface area contributed by atoms with E-state index in [1.807, 2.05) is 0 Å². The van der Waals surface area contributed by atoms with Crippen LogP contribution in [0.4, 0.5) is 23.2 Å². The molecule has 1 heterocycles. The molecule has 2 rings (SSSR count). The van der Waals surface area contributed by atoms with Gasteiger partial charge < -0.3 is 4.74 Å². The van der Waals surface area contributed by atoms with Gasteiger partial charge in [0, 0.05) is 11.6 Å². The number of hydrogen-bond donors (Lipinski definition) is 0. The first-order valence-corrected chi connectivity index (χ1v) is 7.11. The Morgan fingerprint density at radius 2 is 1.92 bits per heavy atom. The van der Waals surface area contributed by atoms with Crippen molar-refractivity contribution >= 4 is 29.1 Å². The predicted octanol–water partition coefficient (Wildman–Crippen LogP) is 4.02. The van der Waals surface area contributed by atoms with Crippen molar-refractivity contribution in [1.29, 1.82) is 0 Å². The van der Waals surface area contributed by atoms with Gasteiger partial charge in [0.25, 0.3) is 5.91 Å². The van der Waals surface area contributed by atoms with Crippen molar-refractivity contribution in [3.8, 4) is 5.75 Å². The van der Waals surface area contributed by atoms with Crippen LogP contribution in [-0.2, 0) is 9.59 Å². The van der Waals surface area contributed by atoms with Gasteiger partial charge in [0.2, 0.25) is 5.91 Å². The Morgan fingerprint density at radius 1 is 1.29 bits per heavy atom. The number of ether oxygens (including phenoxy) is 1. The summed E-state index contributed by atoms with van der Waals surface area (Å²) in [5.74, 6) is -2.89. The predicted molar refractivity (Wildman–Crippen MR) is 78.4 cm³/mol. The number of nitrogens with zero attached hydrogens (tertiary/aromatic N) is 1. The molecular formula is C15H12ClF4NO3. The minimum atomic E-state index is -4.62. The summed E-state index contributed by atoms with van der Waals surface area (Å²) in [7, 11) is 0. The highest BCUT2D eigenvalue weighted by Gasteiger charge is 2.37. The molecule has 1 aromatic carbocycles. The molecule has 1 aliphatic rings. The molecule has 1 aliphatic heterocycles. The highest BCUT2D eigenvalue weighted by atomic mass is 35.5. The van der Waals surface area contributed by atoms with Crippen molar-refractivity contribution in [2.24, 2.45) is 0 Å². The van der Waals surface area contributed by atoms with Gasteiger partial charge in [-0.1, -0.05) is 17.2 Å². The van der Waals surface area contributed by atoms with Crippen LogP contribution in [0.3, 0.4) is 0 Å². The van der Waals surface area contributed by atoms with Gasteiger partial charge in [0.15, 0.2) is 6.61 Å². The van der Waals surface area contributed by atoms with Crippen LogP contribution in [0.15, 0.2) is 23.3 Å². The van der Waals surface area contributed by atoms with Crippen LogP contribution in [0.25, 0.3) is 0 Å². The van der Waals surface area contributed by atoms with E-state index in [1.165, 1.54) is 0 Å². The van der Waals surface area contributed by atoms with Crippen molar-refractivity contribution < 1.29 is 31.9 Å². The van der Waals surface area contributed by atoms with E-state index in [0.717, 1.165) is 6.07 Å². The topological polar surface area (TPSA) is 46.6 Å². The molecule has 0 unspecified atom stereocenters. The molecule has 0 radical (unpaired) electrons. The molecule has 1 fully saturated rings. The first-order valence-electron chi connectivity index (χ1n) is 6.73. The van der Waals surface area contributed by atoms with Crippen LogP contribution in [0.1, 0.15) is 20.3 Å². The number of halogens is 5. The molecule has 0 aromatic heterocycles. The zero-order valence-corrected chi connectivity index (χ0v) is 13.4. The van der Waals surface area contributed by atoms with E-state index in [0.29, 0.717) is 16.5 Å². The molecule has 0 aliphatic carbocycles. The number of allylic oxidation sites excluding steroid dienone is 1. The average Bonchev–Trinajstić information content (AvgIpc) is 2.73. The highest BCUT2D eigenvalue weighted by Crippen LogP contribution is 2.36. The average molecular weight is 366 g/mol. The summed E-state index contributed by atoms with van der Waals surface area (Å²) in [5, 5.41) is -0.401. The molecule has 2 amide bonds. The molecule has 0 N–H and O–H groups in total. The molecule has 0 bridgehead atoms. The Balaban J connectivity index is 2.42. The molecular weight excluding hydrogens is 354 g/mol. The number of alkyl halides is 3. The largest absolute Gasteiger partial charge is 0.482 e. The lowest BCUT2D eigenvalue weighted by atomic mass is 10.1. The standard InChI is InChI=1S/C15H12ClF4NO3/c1-7(2)8-3-13(22)21(14(8)23)11-5-12(9(16)4-10(11)17)24-6-15(18,19)20/h4-5H,3,6H2,1-2H3. The number of amides is 2. The van der Waals surface area contributed by atoms with Gasteiger partial charge in [-0.15, -0.1) is 0 Å². The SMILES string of the molecule is CC(C)=C1CC(=O)N(c2cc(OCC(F)(F)F)c(Cl)cc2F)C1=O. The van der Waals surface area contributed by atoms with E-state index in [9.17, 15) is 27.2 Å². The summed E-state index contributed by atoms with van der Waals surface area (Å²) in [5.41, 5.74) is 0.314. The quantitative estimate of drug-likeness (QED) is 0.462. The van der Waals surface area contributed by atoms with Gasteiger partial charge >= 0.3 is 6.18 Å². The fourth-order valence-electron chi connectivity index (χ4n) is 2.15. The third-order valence-corrected chi connectivity index (χ3v) is 3.57. The molecule has 0 atom stereocenters. The lowest BCUT2D eigenvalue weighted by Crippen LogP contribution is -2.30. The van der Waals surface area contributed by atoms with Crippen LogP contribution >= 0.6 is 11.6 Å². The van der Waals surface area contributed by atoms with Crippen molar-refractivity contribution in [3.05, 3.63) is 34.1 Å². The fraction of sp³-hybridized carbons (Fsp3) is 0.333. The smallest absolute Gasteiger partial charge is 0.422 e. The van der Waals surface area contributed by atoms with Crippen molar-refractivity contribution in [1.82, 2.24) is 0 Å². The number of imide groups is 1. The number of carbonyl (C=O) groups is 2. The van der Waals surface area contributed by atoms with E-state index in [1.54, 1.807) is 13.8 Å². The van der Waals surface area contributed by atoms with Crippen molar-refractivity contribution in [3.63, 3.8) is 0 Å². The van der Waals surface area contributed by atoms with Crippen molar-refractivity contribution in [2.75, 3.05) is 11.5 Å². The Hall–Kier alpha value is -2.09. The van der Waals surface area contributed by atoms with Gasteiger partial charge in [-0.2, -0.15) is 13.2 Å². The summed E-state index contributed by atoms with van der Waals surface area (Å²) >= 11 is 5.66. The first kappa shape index (κ1) is 18.3. The molecule has 0 spiro atoms. The van der Waals surface area contributed by atoms with Gasteiger partial charge in [-0.25, -0.2) is 9.29 Å². The maximum absolute atomic E-state index is 14.1. The highest BCUT2D eigenvalue weighted by molar-refractivity contribution is 6.32. The van der Waals surface area contributed by atoms with Gasteiger partial charge in [-0.05, 0) is 19.9 Å². The molecule has 130 valence electrons. The second kappa shape index (κ2) is 6.43. The van der Waals surface area contributed by atoms with Gasteiger partial charge in [0.1, 0.15) is 11.6 Å². The number of hydrogen-bond acceptors (Lipinski definition) is 3. The summed E-state index contributed by atoms with van der Waals surface area (Å²) < 4.78 is 55.4. The Bertz CT molecular complexity index is 739. The zero-order valence-electron chi connectivity index (χ0n) is 12.6. The summed E-state index contributed by atoms with van der Waals surface area (Å²) in [4.78, 5) is 24.8. The summed E-state index contributed by atoms with van der Waals surface area (Å²) in [6.07, 6.45) is -4.83. The Labute approximate surface area is 139 Å². The Morgan fingerprint density at radius 3 is 2.42 bits per heavy atom. The van der Waals surface area contributed by atoms with E-state index in [2.05, 4.69) is 4.74 Å². The normalized spacial score (nSPS) is 15.3. The van der Waals surface area contributed by atoms with E-state index in [4.69, 9.17) is 11.6 Å². The van der Waals surface area contributed by atoms with Crippen LogP contribution in [0.2, 0.25) is 5.02 Å². The summed E-state index contributed by atoms with van der Waals surface area (Å²) in [6.45, 7) is 1.61. The molecule has 1 saturated heterocycles. The third-order valence-electron chi connectivity index (χ3n) is 3.28. The number of rotatable bonds is 3. The van der Waals surface area contributed by atoms with Crippen LogP contribution in [0.5, 0.6) is 5.75 Å². The van der Waals surface area contributed by atoms with E-state index in [-0.39, 0.29) is 12.0 Å². The number of benzene rings is 1. The minimum Gasteiger partial charge on any atom is -0.482 e.